The number of carbonyl (C=O) groups is 3. The SMILES string of the molecule is COc1cc(C=C2C(=O)N(C)C(=O)N(C)C2=O)ccc1OCCO. The van der Waals surface area contributed by atoms with Crippen LogP contribution >= 0.6 is 0 Å². The quantitative estimate of drug-likeness (QED) is 0.622. The Balaban J connectivity index is 2.37. The molecule has 0 bridgehead atoms. The third kappa shape index (κ3) is 3.23. The van der Waals surface area contributed by atoms with Crippen LogP contribution in [0, 0.1) is 0 Å². The minimum absolute atomic E-state index is 0.117. The van der Waals surface area contributed by atoms with Crippen molar-refractivity contribution in [2.24, 2.45) is 0 Å². The molecule has 0 saturated carbocycles. The number of hydrogen-bond acceptors (Lipinski definition) is 6. The Labute approximate surface area is 138 Å². The zero-order chi connectivity index (χ0) is 17.9. The van der Waals surface area contributed by atoms with E-state index in [1.165, 1.54) is 27.3 Å². The number of amides is 4. The van der Waals surface area contributed by atoms with E-state index in [-0.39, 0.29) is 18.8 Å². The second-order valence-corrected chi connectivity index (χ2v) is 5.05. The van der Waals surface area contributed by atoms with E-state index in [1.807, 2.05) is 0 Å². The van der Waals surface area contributed by atoms with Crippen LogP contribution in [0.2, 0.25) is 0 Å². The van der Waals surface area contributed by atoms with Crippen molar-refractivity contribution in [3.05, 3.63) is 29.3 Å². The highest BCUT2D eigenvalue weighted by atomic mass is 16.5. The molecule has 0 aliphatic carbocycles. The first-order valence-corrected chi connectivity index (χ1v) is 7.14. The molecule has 0 aromatic heterocycles. The number of carbonyl (C=O) groups excluding carboxylic acids is 3. The van der Waals surface area contributed by atoms with Gasteiger partial charge in [-0.15, -0.1) is 0 Å². The standard InChI is InChI=1S/C16H18N2O6/c1-17-14(20)11(15(21)18(2)16(17)22)8-10-4-5-12(24-7-6-19)13(9-10)23-3/h4-5,8-9,19H,6-7H2,1-3H3. The van der Waals surface area contributed by atoms with Crippen LogP contribution in [-0.2, 0) is 9.59 Å². The molecule has 1 aliphatic heterocycles. The first-order chi connectivity index (χ1) is 11.4. The van der Waals surface area contributed by atoms with Crippen molar-refractivity contribution in [1.29, 1.82) is 0 Å². The summed E-state index contributed by atoms with van der Waals surface area (Å²) in [6, 6.07) is 4.17. The van der Waals surface area contributed by atoms with Gasteiger partial charge >= 0.3 is 6.03 Å². The van der Waals surface area contributed by atoms with Gasteiger partial charge in [-0.25, -0.2) is 4.79 Å². The lowest BCUT2D eigenvalue weighted by Crippen LogP contribution is -2.52. The average Bonchev–Trinajstić information content (AvgIpc) is 2.60. The van der Waals surface area contributed by atoms with Crippen molar-refractivity contribution >= 4 is 23.9 Å². The molecule has 1 N–H and O–H groups in total. The molecule has 1 aliphatic rings. The predicted molar refractivity (Wildman–Crippen MR) is 84.5 cm³/mol. The molecular weight excluding hydrogens is 316 g/mol. The number of nitrogens with zero attached hydrogens (tertiary/aromatic N) is 2. The highest BCUT2D eigenvalue weighted by Crippen LogP contribution is 2.29. The average molecular weight is 334 g/mol. The van der Waals surface area contributed by atoms with Gasteiger partial charge in [0.05, 0.1) is 13.7 Å². The van der Waals surface area contributed by atoms with Crippen LogP contribution in [0.1, 0.15) is 5.56 Å². The summed E-state index contributed by atoms with van der Waals surface area (Å²) >= 11 is 0. The van der Waals surface area contributed by atoms with Gasteiger partial charge in [-0.3, -0.25) is 19.4 Å². The van der Waals surface area contributed by atoms with Crippen molar-refractivity contribution in [2.45, 2.75) is 0 Å². The number of imide groups is 2. The summed E-state index contributed by atoms with van der Waals surface area (Å²) in [6.45, 7) is -0.0177. The number of methoxy groups -OCH3 is 1. The van der Waals surface area contributed by atoms with E-state index in [4.69, 9.17) is 14.6 Å². The molecule has 0 radical (unpaired) electrons. The molecule has 0 atom stereocenters. The number of barbiturate groups is 1. The van der Waals surface area contributed by atoms with E-state index in [0.717, 1.165) is 9.80 Å². The van der Waals surface area contributed by atoms with E-state index >= 15 is 0 Å². The van der Waals surface area contributed by atoms with Gasteiger partial charge in [0.1, 0.15) is 12.2 Å². The summed E-state index contributed by atoms with van der Waals surface area (Å²) in [5, 5.41) is 8.80. The molecule has 4 amide bonds. The lowest BCUT2D eigenvalue weighted by molar-refractivity contribution is -0.134. The zero-order valence-electron chi connectivity index (χ0n) is 13.6. The van der Waals surface area contributed by atoms with Gasteiger partial charge in [0, 0.05) is 14.1 Å². The van der Waals surface area contributed by atoms with Gasteiger partial charge in [0.15, 0.2) is 11.5 Å². The summed E-state index contributed by atoms with van der Waals surface area (Å²) in [5.74, 6) is -0.504. The van der Waals surface area contributed by atoms with Crippen molar-refractivity contribution in [3.8, 4) is 11.5 Å². The van der Waals surface area contributed by atoms with Gasteiger partial charge in [-0.05, 0) is 23.8 Å². The van der Waals surface area contributed by atoms with Crippen molar-refractivity contribution in [3.63, 3.8) is 0 Å². The summed E-state index contributed by atoms with van der Waals surface area (Å²) in [5.41, 5.74) is 0.418. The molecule has 0 unspecified atom stereocenters. The molecule has 128 valence electrons. The van der Waals surface area contributed by atoms with Gasteiger partial charge in [-0.2, -0.15) is 0 Å². The third-order valence-electron chi connectivity index (χ3n) is 3.49. The minimum Gasteiger partial charge on any atom is -0.493 e. The highest BCUT2D eigenvalue weighted by molar-refractivity contribution is 6.30. The second kappa shape index (κ2) is 7.14. The van der Waals surface area contributed by atoms with Gasteiger partial charge in [0.25, 0.3) is 11.8 Å². The Bertz CT molecular complexity index is 687. The Morgan fingerprint density at radius 2 is 1.71 bits per heavy atom. The molecule has 1 heterocycles. The molecule has 1 saturated heterocycles. The first-order valence-electron chi connectivity index (χ1n) is 7.14. The molecule has 1 aromatic carbocycles. The van der Waals surface area contributed by atoms with Crippen LogP contribution in [0.3, 0.4) is 0 Å². The number of ether oxygens (including phenoxy) is 2. The van der Waals surface area contributed by atoms with Gasteiger partial charge in [-0.1, -0.05) is 6.07 Å². The van der Waals surface area contributed by atoms with Gasteiger partial charge in [0.2, 0.25) is 0 Å². The predicted octanol–water partition coefficient (Wildman–Crippen LogP) is 0.500. The summed E-state index contributed by atoms with van der Waals surface area (Å²) in [7, 11) is 4.08. The Morgan fingerprint density at radius 1 is 1.08 bits per heavy atom. The molecule has 1 aromatic rings. The normalized spacial score (nSPS) is 15.0. The smallest absolute Gasteiger partial charge is 0.333 e. The number of hydrogen-bond donors (Lipinski definition) is 1. The first kappa shape index (κ1) is 17.5. The number of urea groups is 1. The largest absolute Gasteiger partial charge is 0.493 e. The van der Waals surface area contributed by atoms with Crippen LogP contribution in [-0.4, -0.2) is 67.2 Å². The Morgan fingerprint density at radius 3 is 2.25 bits per heavy atom. The Hall–Kier alpha value is -2.87. The van der Waals surface area contributed by atoms with Crippen LogP contribution in [0.5, 0.6) is 11.5 Å². The highest BCUT2D eigenvalue weighted by Gasteiger charge is 2.37. The van der Waals surface area contributed by atoms with Crippen LogP contribution in [0.4, 0.5) is 4.79 Å². The molecular formula is C16H18N2O6. The maximum Gasteiger partial charge on any atom is 0.333 e. The maximum absolute atomic E-state index is 12.2. The van der Waals surface area contributed by atoms with E-state index in [2.05, 4.69) is 0 Å². The molecule has 8 nitrogen and oxygen atoms in total. The lowest BCUT2D eigenvalue weighted by atomic mass is 10.1. The fraction of sp³-hybridized carbons (Fsp3) is 0.312. The van der Waals surface area contributed by atoms with Crippen LogP contribution in [0.15, 0.2) is 23.8 Å². The van der Waals surface area contributed by atoms with Crippen LogP contribution in [0.25, 0.3) is 6.08 Å². The topological polar surface area (TPSA) is 96.4 Å². The number of rotatable bonds is 5. The minimum atomic E-state index is -0.674. The molecule has 8 heteroatoms. The molecule has 0 spiro atoms. The van der Waals surface area contributed by atoms with Crippen LogP contribution < -0.4 is 9.47 Å². The molecule has 24 heavy (non-hydrogen) atoms. The summed E-state index contributed by atoms with van der Waals surface area (Å²) in [4.78, 5) is 37.8. The summed E-state index contributed by atoms with van der Waals surface area (Å²) < 4.78 is 10.5. The monoisotopic (exact) mass is 334 g/mol. The molecule has 1 fully saturated rings. The summed E-state index contributed by atoms with van der Waals surface area (Å²) in [6.07, 6.45) is 1.39. The second-order valence-electron chi connectivity index (χ2n) is 5.05. The maximum atomic E-state index is 12.2. The van der Waals surface area contributed by atoms with Crippen molar-refractivity contribution < 1.29 is 29.0 Å². The molecule has 2 rings (SSSR count). The van der Waals surface area contributed by atoms with E-state index < -0.39 is 17.8 Å². The number of aliphatic hydroxyl groups is 1. The number of likely N-dealkylation sites (N-methyl/N-ethyl adjacent to an activating group) is 2. The van der Waals surface area contributed by atoms with E-state index in [1.54, 1.807) is 18.2 Å². The van der Waals surface area contributed by atoms with E-state index in [9.17, 15) is 14.4 Å². The third-order valence-corrected chi connectivity index (χ3v) is 3.49. The Kier molecular flexibility index (Phi) is 5.20. The number of aliphatic hydroxyl groups excluding tert-OH is 1. The van der Waals surface area contributed by atoms with Crippen molar-refractivity contribution in [1.82, 2.24) is 9.80 Å². The van der Waals surface area contributed by atoms with E-state index in [0.29, 0.717) is 17.1 Å². The van der Waals surface area contributed by atoms with Crippen molar-refractivity contribution in [2.75, 3.05) is 34.4 Å². The number of benzene rings is 1. The fourth-order valence-corrected chi connectivity index (χ4v) is 2.19. The lowest BCUT2D eigenvalue weighted by Gasteiger charge is -2.28. The van der Waals surface area contributed by atoms with Gasteiger partial charge < -0.3 is 14.6 Å². The zero-order valence-corrected chi connectivity index (χ0v) is 13.6. The fourth-order valence-electron chi connectivity index (χ4n) is 2.19.